The Morgan fingerprint density at radius 3 is 2.81 bits per heavy atom. The predicted octanol–water partition coefficient (Wildman–Crippen LogP) is 4.63. The molecule has 1 aromatic rings. The Bertz CT molecular complexity index is 626. The van der Waals surface area contributed by atoms with E-state index in [0.717, 1.165) is 55.7 Å². The van der Waals surface area contributed by atoms with E-state index in [1.54, 1.807) is 16.2 Å². The number of hydrogen-bond donors (Lipinski definition) is 2. The van der Waals surface area contributed by atoms with Crippen LogP contribution in [0.15, 0.2) is 10.4 Å². The van der Waals surface area contributed by atoms with Crippen molar-refractivity contribution in [2.75, 3.05) is 30.8 Å². The quantitative estimate of drug-likeness (QED) is 0.686. The number of likely N-dealkylation sites (tertiary alicyclic amines) is 1. The molecule has 1 amide bonds. The largest absolute Gasteiger partial charge is 0.465 e. The highest BCUT2D eigenvalue weighted by Crippen LogP contribution is 2.36. The second-order valence-electron chi connectivity index (χ2n) is 8.53. The lowest BCUT2D eigenvalue weighted by atomic mass is 9.78. The van der Waals surface area contributed by atoms with Gasteiger partial charge in [-0.05, 0) is 37.0 Å². The van der Waals surface area contributed by atoms with Gasteiger partial charge in [-0.1, -0.05) is 32.1 Å². The number of anilines is 1. The predicted molar refractivity (Wildman–Crippen MR) is 111 cm³/mol. The van der Waals surface area contributed by atoms with E-state index < -0.39 is 6.09 Å². The molecule has 0 aliphatic carbocycles. The number of carboxylic acid groups (broad SMARTS) is 1. The van der Waals surface area contributed by atoms with Crippen LogP contribution >= 0.6 is 23.1 Å². The molecular formula is C19H31N3O3S2. The van der Waals surface area contributed by atoms with Gasteiger partial charge >= 0.3 is 6.09 Å². The maximum Gasteiger partial charge on any atom is 0.407 e. The molecule has 3 heterocycles. The fourth-order valence-corrected chi connectivity index (χ4v) is 6.25. The SMILES string of the molecule is CC(C)(C)C1C(Nc2ncc(SCC3CCOCC3)s2)CCCN1C(=O)O. The van der Waals surface area contributed by atoms with Crippen LogP contribution in [-0.4, -0.2) is 58.7 Å². The smallest absolute Gasteiger partial charge is 0.407 e. The third kappa shape index (κ3) is 5.51. The van der Waals surface area contributed by atoms with E-state index in [1.165, 1.54) is 4.21 Å². The molecule has 6 nitrogen and oxygen atoms in total. The van der Waals surface area contributed by atoms with Crippen molar-refractivity contribution in [3.63, 3.8) is 0 Å². The lowest BCUT2D eigenvalue weighted by Crippen LogP contribution is -2.58. The lowest BCUT2D eigenvalue weighted by Gasteiger charge is -2.46. The summed E-state index contributed by atoms with van der Waals surface area (Å²) in [4.78, 5) is 17.9. The number of nitrogens with one attached hydrogen (secondary N) is 1. The van der Waals surface area contributed by atoms with E-state index in [0.29, 0.717) is 6.54 Å². The summed E-state index contributed by atoms with van der Waals surface area (Å²) >= 11 is 3.56. The molecule has 0 spiro atoms. The average Bonchev–Trinajstić information content (AvgIpc) is 3.07. The van der Waals surface area contributed by atoms with E-state index >= 15 is 0 Å². The Kier molecular flexibility index (Phi) is 6.92. The first-order chi connectivity index (χ1) is 12.8. The van der Waals surface area contributed by atoms with Gasteiger partial charge in [-0.15, -0.1) is 11.8 Å². The summed E-state index contributed by atoms with van der Waals surface area (Å²) in [7, 11) is 0. The molecule has 0 radical (unpaired) electrons. The van der Waals surface area contributed by atoms with Crippen LogP contribution in [0, 0.1) is 11.3 Å². The highest BCUT2D eigenvalue weighted by molar-refractivity contribution is 8.01. The van der Waals surface area contributed by atoms with E-state index in [9.17, 15) is 9.90 Å². The summed E-state index contributed by atoms with van der Waals surface area (Å²) in [5, 5.41) is 14.1. The van der Waals surface area contributed by atoms with Gasteiger partial charge in [0.15, 0.2) is 5.13 Å². The molecule has 27 heavy (non-hydrogen) atoms. The minimum atomic E-state index is -0.826. The Morgan fingerprint density at radius 1 is 1.41 bits per heavy atom. The van der Waals surface area contributed by atoms with Crippen molar-refractivity contribution >= 4 is 34.3 Å². The number of carbonyl (C=O) groups is 1. The zero-order valence-electron chi connectivity index (χ0n) is 16.4. The van der Waals surface area contributed by atoms with E-state index in [1.807, 2.05) is 18.0 Å². The number of ether oxygens (including phenoxy) is 1. The maximum absolute atomic E-state index is 11.7. The van der Waals surface area contributed by atoms with Gasteiger partial charge in [-0.2, -0.15) is 0 Å². The van der Waals surface area contributed by atoms with Crippen LogP contribution in [0.5, 0.6) is 0 Å². The summed E-state index contributed by atoms with van der Waals surface area (Å²) in [6.07, 6.45) is 5.27. The zero-order valence-corrected chi connectivity index (χ0v) is 18.1. The summed E-state index contributed by atoms with van der Waals surface area (Å²) in [6.45, 7) is 8.73. The minimum absolute atomic E-state index is 0.0639. The standard InChI is InChI=1S/C19H31N3O3S2/c1-19(2,3)16-14(5-4-8-22(16)18(23)24)21-17-20-11-15(27-17)26-12-13-6-9-25-10-7-13/h11,13-14,16H,4-10,12H2,1-3H3,(H,20,21)(H,23,24). The third-order valence-corrected chi connectivity index (χ3v) is 7.71. The van der Waals surface area contributed by atoms with Gasteiger partial charge in [0.05, 0.1) is 16.4 Å². The van der Waals surface area contributed by atoms with Gasteiger partial charge in [0.1, 0.15) is 0 Å². The molecule has 2 N–H and O–H groups in total. The number of thiazole rings is 1. The Balaban J connectivity index is 1.61. The topological polar surface area (TPSA) is 74.7 Å². The van der Waals surface area contributed by atoms with Gasteiger partial charge in [-0.25, -0.2) is 9.78 Å². The van der Waals surface area contributed by atoms with Crippen LogP contribution in [-0.2, 0) is 4.74 Å². The molecule has 0 bridgehead atoms. The number of rotatable bonds is 5. The van der Waals surface area contributed by atoms with Crippen LogP contribution in [0.3, 0.4) is 0 Å². The summed E-state index contributed by atoms with van der Waals surface area (Å²) < 4.78 is 6.65. The highest BCUT2D eigenvalue weighted by atomic mass is 32.2. The highest BCUT2D eigenvalue weighted by Gasteiger charge is 2.42. The summed E-state index contributed by atoms with van der Waals surface area (Å²) in [5.74, 6) is 1.85. The van der Waals surface area contributed by atoms with Crippen molar-refractivity contribution < 1.29 is 14.6 Å². The van der Waals surface area contributed by atoms with Gasteiger partial charge < -0.3 is 20.1 Å². The number of nitrogens with zero attached hydrogens (tertiary/aromatic N) is 2. The van der Waals surface area contributed by atoms with Gasteiger partial charge in [0.2, 0.25) is 0 Å². The molecule has 2 atom stereocenters. The Labute approximate surface area is 170 Å². The van der Waals surface area contributed by atoms with Gasteiger partial charge in [0.25, 0.3) is 0 Å². The molecule has 1 aromatic heterocycles. The number of amides is 1. The van der Waals surface area contributed by atoms with Crippen LogP contribution in [0.4, 0.5) is 9.93 Å². The number of thioether (sulfide) groups is 1. The molecule has 8 heteroatoms. The Morgan fingerprint density at radius 2 is 2.15 bits per heavy atom. The number of piperidine rings is 1. The number of hydrogen-bond acceptors (Lipinski definition) is 6. The van der Waals surface area contributed by atoms with Crippen molar-refractivity contribution in [1.29, 1.82) is 0 Å². The first kappa shape index (κ1) is 20.7. The minimum Gasteiger partial charge on any atom is -0.465 e. The van der Waals surface area contributed by atoms with Crippen molar-refractivity contribution in [2.45, 2.75) is 62.7 Å². The van der Waals surface area contributed by atoms with Crippen molar-refractivity contribution in [3.05, 3.63) is 6.20 Å². The molecule has 2 aliphatic heterocycles. The Hall–Kier alpha value is -0.990. The summed E-state index contributed by atoms with van der Waals surface area (Å²) in [6, 6.07) is 0.0281. The van der Waals surface area contributed by atoms with E-state index in [-0.39, 0.29) is 17.5 Å². The first-order valence-electron chi connectivity index (χ1n) is 9.77. The maximum atomic E-state index is 11.7. The number of aromatic nitrogens is 1. The van der Waals surface area contributed by atoms with Crippen LogP contribution in [0.2, 0.25) is 0 Å². The molecule has 0 saturated carbocycles. The summed E-state index contributed by atoms with van der Waals surface area (Å²) in [5.41, 5.74) is -0.131. The molecule has 2 aliphatic rings. The molecule has 2 saturated heterocycles. The van der Waals surface area contributed by atoms with Crippen molar-refractivity contribution in [3.8, 4) is 0 Å². The fraction of sp³-hybridized carbons (Fsp3) is 0.789. The van der Waals surface area contributed by atoms with Gasteiger partial charge in [0, 0.05) is 31.6 Å². The molecule has 152 valence electrons. The molecular weight excluding hydrogens is 382 g/mol. The molecule has 2 unspecified atom stereocenters. The van der Waals surface area contributed by atoms with Crippen LogP contribution in [0.25, 0.3) is 0 Å². The van der Waals surface area contributed by atoms with Crippen LogP contribution < -0.4 is 5.32 Å². The van der Waals surface area contributed by atoms with Crippen molar-refractivity contribution in [1.82, 2.24) is 9.88 Å². The second kappa shape index (κ2) is 9.01. The van der Waals surface area contributed by atoms with Crippen molar-refractivity contribution in [2.24, 2.45) is 11.3 Å². The average molecular weight is 414 g/mol. The lowest BCUT2D eigenvalue weighted by molar-refractivity contribution is 0.0519. The normalized spacial score (nSPS) is 24.8. The fourth-order valence-electron chi connectivity index (χ4n) is 4.10. The zero-order chi connectivity index (χ0) is 19.4. The van der Waals surface area contributed by atoms with E-state index in [2.05, 4.69) is 31.1 Å². The third-order valence-electron chi connectivity index (χ3n) is 5.36. The van der Waals surface area contributed by atoms with Crippen LogP contribution in [0.1, 0.15) is 46.5 Å². The molecule has 0 aromatic carbocycles. The van der Waals surface area contributed by atoms with E-state index in [4.69, 9.17) is 4.74 Å². The molecule has 3 rings (SSSR count). The monoisotopic (exact) mass is 413 g/mol. The van der Waals surface area contributed by atoms with Gasteiger partial charge in [-0.3, -0.25) is 0 Å². The second-order valence-corrected chi connectivity index (χ2v) is 10.9. The first-order valence-corrected chi connectivity index (χ1v) is 11.6. The molecule has 2 fully saturated rings.